The molecule has 17 heavy (non-hydrogen) atoms. The van der Waals surface area contributed by atoms with Crippen molar-refractivity contribution >= 4 is 7.28 Å². The highest BCUT2D eigenvalue weighted by Gasteiger charge is 2.53. The predicted molar refractivity (Wildman–Crippen MR) is 73.3 cm³/mol. The first-order valence-electron chi connectivity index (χ1n) is 7.03. The van der Waals surface area contributed by atoms with Crippen molar-refractivity contribution in [2.45, 2.75) is 72.0 Å². The first-order chi connectivity index (χ1) is 7.88. The zero-order chi connectivity index (χ0) is 13.2. The van der Waals surface area contributed by atoms with Crippen LogP contribution in [-0.2, 0) is 4.74 Å². The van der Waals surface area contributed by atoms with E-state index < -0.39 is 0 Å². The summed E-state index contributed by atoms with van der Waals surface area (Å²) in [4.78, 5) is 0. The molecule has 4 atom stereocenters. The van der Waals surface area contributed by atoms with Crippen molar-refractivity contribution in [2.24, 2.45) is 17.8 Å². The number of aliphatic hydroxyl groups excluding tert-OH is 1. The Hall–Kier alpha value is -0.0151. The van der Waals surface area contributed by atoms with E-state index in [1.807, 2.05) is 14.1 Å². The maximum absolute atomic E-state index is 10.4. The van der Waals surface area contributed by atoms with Gasteiger partial charge < -0.3 is 9.84 Å². The average Bonchev–Trinajstić information content (AvgIpc) is 2.50. The van der Waals surface area contributed by atoms with E-state index in [1.165, 1.54) is 0 Å². The summed E-state index contributed by atoms with van der Waals surface area (Å²) in [5.41, 5.74) is -0.140. The topological polar surface area (TPSA) is 29.5 Å². The Labute approximate surface area is 107 Å². The van der Waals surface area contributed by atoms with Crippen molar-refractivity contribution in [2.75, 3.05) is 0 Å². The Balaban J connectivity index is 3.00. The first-order valence-corrected chi connectivity index (χ1v) is 7.03. The largest absolute Gasteiger partial charge is 0.391 e. The molecule has 4 unspecified atom stereocenters. The van der Waals surface area contributed by atoms with E-state index in [-0.39, 0.29) is 23.6 Å². The molecule has 1 aliphatic heterocycles. The van der Waals surface area contributed by atoms with Crippen LogP contribution in [-0.4, -0.2) is 30.1 Å². The van der Waals surface area contributed by atoms with E-state index in [9.17, 15) is 5.11 Å². The molecule has 99 valence electrons. The third kappa shape index (κ3) is 2.87. The van der Waals surface area contributed by atoms with Gasteiger partial charge in [0.25, 0.3) is 0 Å². The Bertz CT molecular complexity index is 242. The summed E-state index contributed by atoms with van der Waals surface area (Å²) >= 11 is 0. The average molecular weight is 239 g/mol. The Morgan fingerprint density at radius 3 is 2.24 bits per heavy atom. The zero-order valence-corrected chi connectivity index (χ0v) is 12.2. The Morgan fingerprint density at radius 1 is 1.29 bits per heavy atom. The molecule has 1 N–H and O–H groups in total. The van der Waals surface area contributed by atoms with Gasteiger partial charge in [-0.15, -0.1) is 0 Å². The third-order valence-electron chi connectivity index (χ3n) is 4.08. The Morgan fingerprint density at radius 2 is 1.88 bits per heavy atom. The molecule has 0 amide bonds. The second-order valence-corrected chi connectivity index (χ2v) is 6.19. The van der Waals surface area contributed by atoms with E-state index in [4.69, 9.17) is 4.74 Å². The molecule has 1 radical (unpaired) electrons. The van der Waals surface area contributed by atoms with Gasteiger partial charge in [-0.1, -0.05) is 41.4 Å². The molecule has 0 aromatic rings. The number of aliphatic hydroxyl groups is 1. The van der Waals surface area contributed by atoms with Gasteiger partial charge in [0.15, 0.2) is 0 Å². The summed E-state index contributed by atoms with van der Waals surface area (Å²) in [5, 5.41) is 10.4. The number of rotatable bonds is 5. The molecule has 0 aromatic carbocycles. The van der Waals surface area contributed by atoms with Crippen LogP contribution >= 0.6 is 0 Å². The fraction of sp³-hybridized carbons (Fsp3) is 1.00. The molecule has 0 spiro atoms. The monoisotopic (exact) mass is 239 g/mol. The van der Waals surface area contributed by atoms with Gasteiger partial charge in [-0.25, -0.2) is 0 Å². The van der Waals surface area contributed by atoms with Crippen molar-refractivity contribution in [3.8, 4) is 0 Å². The van der Waals surface area contributed by atoms with Crippen molar-refractivity contribution in [3.05, 3.63) is 0 Å². The van der Waals surface area contributed by atoms with Gasteiger partial charge in [-0.3, -0.25) is 0 Å². The van der Waals surface area contributed by atoms with E-state index in [2.05, 4.69) is 34.6 Å². The van der Waals surface area contributed by atoms with Gasteiger partial charge in [-0.2, -0.15) is 0 Å². The lowest BCUT2D eigenvalue weighted by atomic mass is 9.66. The molecule has 0 aliphatic carbocycles. The second-order valence-electron chi connectivity index (χ2n) is 6.19. The van der Waals surface area contributed by atoms with Gasteiger partial charge >= 0.3 is 0 Å². The molecular formula is C14H28BO2. The van der Waals surface area contributed by atoms with Gasteiger partial charge in [0.05, 0.1) is 17.7 Å². The molecule has 1 rings (SSSR count). The van der Waals surface area contributed by atoms with Crippen molar-refractivity contribution in [1.82, 2.24) is 0 Å². The second kappa shape index (κ2) is 5.75. The molecule has 1 saturated heterocycles. The van der Waals surface area contributed by atoms with Crippen LogP contribution in [0.15, 0.2) is 0 Å². The van der Waals surface area contributed by atoms with Crippen LogP contribution in [0.3, 0.4) is 0 Å². The number of ether oxygens (including phenoxy) is 1. The summed E-state index contributed by atoms with van der Waals surface area (Å²) in [5.74, 6) is 1.30. The SMILES string of the molecule is C[B]C1OC(CC)(CC(C)C)C(C(C)C)C1O. The van der Waals surface area contributed by atoms with Crippen LogP contribution < -0.4 is 0 Å². The van der Waals surface area contributed by atoms with Crippen LogP contribution in [0.5, 0.6) is 0 Å². The fourth-order valence-corrected chi connectivity index (χ4v) is 3.54. The highest BCUT2D eigenvalue weighted by atomic mass is 16.5. The van der Waals surface area contributed by atoms with E-state index in [0.717, 1.165) is 12.8 Å². The summed E-state index contributed by atoms with van der Waals surface area (Å²) in [6, 6.07) is -0.0962. The minimum atomic E-state index is -0.348. The lowest BCUT2D eigenvalue weighted by molar-refractivity contribution is -0.0618. The molecule has 1 aliphatic rings. The van der Waals surface area contributed by atoms with Crippen LogP contribution in [0.25, 0.3) is 0 Å². The van der Waals surface area contributed by atoms with E-state index >= 15 is 0 Å². The van der Waals surface area contributed by atoms with Crippen LogP contribution in [0.4, 0.5) is 0 Å². The van der Waals surface area contributed by atoms with Crippen LogP contribution in [0.2, 0.25) is 6.82 Å². The molecule has 0 bridgehead atoms. The molecular weight excluding hydrogens is 211 g/mol. The molecule has 1 heterocycles. The lowest BCUT2D eigenvalue weighted by Gasteiger charge is -2.38. The first kappa shape index (κ1) is 15.0. The maximum Gasteiger partial charge on any atom is 0.149 e. The maximum atomic E-state index is 10.4. The van der Waals surface area contributed by atoms with Crippen molar-refractivity contribution in [3.63, 3.8) is 0 Å². The van der Waals surface area contributed by atoms with Crippen molar-refractivity contribution < 1.29 is 9.84 Å². The van der Waals surface area contributed by atoms with Crippen LogP contribution in [0, 0.1) is 17.8 Å². The molecule has 0 aromatic heterocycles. The van der Waals surface area contributed by atoms with Gasteiger partial charge in [0, 0.05) is 5.92 Å². The van der Waals surface area contributed by atoms with E-state index in [0.29, 0.717) is 11.8 Å². The predicted octanol–water partition coefficient (Wildman–Crippen LogP) is 2.92. The zero-order valence-electron chi connectivity index (χ0n) is 12.2. The highest BCUT2D eigenvalue weighted by Crippen LogP contribution is 2.46. The normalized spacial score (nSPS) is 38.1. The van der Waals surface area contributed by atoms with Crippen LogP contribution in [0.1, 0.15) is 47.5 Å². The smallest absolute Gasteiger partial charge is 0.149 e. The summed E-state index contributed by atoms with van der Waals surface area (Å²) in [7, 11) is 2.00. The van der Waals surface area contributed by atoms with Crippen molar-refractivity contribution in [1.29, 1.82) is 0 Å². The standard InChI is InChI=1S/C14H28BO2/c1-7-14(8-9(2)3)11(10(4)5)12(16)13(15-6)17-14/h9-13,16H,7-8H2,1-6H3. The molecule has 0 saturated carbocycles. The minimum absolute atomic E-state index is 0.0962. The third-order valence-corrected chi connectivity index (χ3v) is 4.08. The van der Waals surface area contributed by atoms with E-state index in [1.54, 1.807) is 0 Å². The number of hydrogen-bond donors (Lipinski definition) is 1. The Kier molecular flexibility index (Phi) is 5.09. The van der Waals surface area contributed by atoms with Gasteiger partial charge in [-0.05, 0) is 24.7 Å². The van der Waals surface area contributed by atoms with Gasteiger partial charge in [0.1, 0.15) is 7.28 Å². The molecule has 2 nitrogen and oxygen atoms in total. The number of hydrogen-bond acceptors (Lipinski definition) is 2. The van der Waals surface area contributed by atoms with Gasteiger partial charge in [0.2, 0.25) is 0 Å². The highest BCUT2D eigenvalue weighted by molar-refractivity contribution is 6.35. The summed E-state index contributed by atoms with van der Waals surface area (Å²) < 4.78 is 6.24. The fourth-order valence-electron chi connectivity index (χ4n) is 3.54. The molecule has 1 fully saturated rings. The lowest BCUT2D eigenvalue weighted by Crippen LogP contribution is -2.42. The summed E-state index contributed by atoms with van der Waals surface area (Å²) in [6.45, 7) is 13.0. The molecule has 3 heteroatoms. The minimum Gasteiger partial charge on any atom is -0.391 e. The quantitative estimate of drug-likeness (QED) is 0.747. The summed E-state index contributed by atoms with van der Waals surface area (Å²) in [6.07, 6.45) is 1.67.